The summed E-state index contributed by atoms with van der Waals surface area (Å²) in [5, 5.41) is 3.47. The van der Waals surface area contributed by atoms with Crippen LogP contribution < -0.4 is 10.2 Å². The third-order valence-electron chi connectivity index (χ3n) is 3.02. The Hall–Kier alpha value is -1.16. The van der Waals surface area contributed by atoms with Crippen LogP contribution in [0.4, 0.5) is 5.95 Å². The predicted molar refractivity (Wildman–Crippen MR) is 70.1 cm³/mol. The van der Waals surface area contributed by atoms with Crippen molar-refractivity contribution in [3.8, 4) is 0 Å². The van der Waals surface area contributed by atoms with Crippen LogP contribution in [-0.2, 0) is 6.54 Å². The van der Waals surface area contributed by atoms with E-state index in [2.05, 4.69) is 34.0 Å². The lowest BCUT2D eigenvalue weighted by Crippen LogP contribution is -2.25. The molecule has 0 radical (unpaired) electrons. The minimum absolute atomic E-state index is 0.738. The van der Waals surface area contributed by atoms with E-state index in [1.807, 2.05) is 12.4 Å². The number of hydrogen-bond acceptors (Lipinski definition) is 4. The first-order valence-corrected chi connectivity index (χ1v) is 6.62. The highest BCUT2D eigenvalue weighted by molar-refractivity contribution is 5.29. The monoisotopic (exact) mass is 234 g/mol. The Kier molecular flexibility index (Phi) is 4.31. The highest BCUT2D eigenvalue weighted by atomic mass is 15.2. The van der Waals surface area contributed by atoms with Crippen molar-refractivity contribution in [2.45, 2.75) is 45.7 Å². The fourth-order valence-electron chi connectivity index (χ4n) is 1.82. The van der Waals surface area contributed by atoms with Gasteiger partial charge in [-0.15, -0.1) is 0 Å². The first-order chi connectivity index (χ1) is 8.33. The minimum atomic E-state index is 0.738. The van der Waals surface area contributed by atoms with Gasteiger partial charge < -0.3 is 10.2 Å². The zero-order chi connectivity index (χ0) is 12.1. The van der Waals surface area contributed by atoms with Gasteiger partial charge >= 0.3 is 0 Å². The molecule has 2 rings (SSSR count). The molecule has 0 unspecified atom stereocenters. The van der Waals surface area contributed by atoms with Crippen molar-refractivity contribution in [3.63, 3.8) is 0 Å². The zero-order valence-corrected chi connectivity index (χ0v) is 10.8. The molecule has 1 saturated carbocycles. The van der Waals surface area contributed by atoms with Crippen molar-refractivity contribution in [2.75, 3.05) is 18.0 Å². The van der Waals surface area contributed by atoms with Crippen molar-refractivity contribution in [2.24, 2.45) is 0 Å². The van der Waals surface area contributed by atoms with Crippen LogP contribution in [0, 0.1) is 0 Å². The molecule has 1 aliphatic carbocycles. The Labute approximate surface area is 103 Å². The third kappa shape index (κ3) is 3.66. The summed E-state index contributed by atoms with van der Waals surface area (Å²) in [4.78, 5) is 11.1. The van der Waals surface area contributed by atoms with Gasteiger partial charge in [-0.3, -0.25) is 0 Å². The lowest BCUT2D eigenvalue weighted by molar-refractivity contribution is 0.681. The molecule has 1 aromatic rings. The maximum Gasteiger partial charge on any atom is 0.225 e. The summed E-state index contributed by atoms with van der Waals surface area (Å²) in [5.74, 6) is 0.851. The lowest BCUT2D eigenvalue weighted by Gasteiger charge is -2.19. The standard InChI is InChI=1S/C13H22N4/c1-3-7-17(4-2)13-15-9-11(10-16-13)8-14-12-5-6-12/h9-10,12,14H,3-8H2,1-2H3. The van der Waals surface area contributed by atoms with Gasteiger partial charge in [-0.05, 0) is 26.2 Å². The van der Waals surface area contributed by atoms with Gasteiger partial charge in [-0.1, -0.05) is 6.92 Å². The van der Waals surface area contributed by atoms with Crippen molar-refractivity contribution in [1.29, 1.82) is 0 Å². The topological polar surface area (TPSA) is 41.1 Å². The molecule has 0 bridgehead atoms. The van der Waals surface area contributed by atoms with Crippen LogP contribution >= 0.6 is 0 Å². The Morgan fingerprint density at radius 1 is 1.29 bits per heavy atom. The average Bonchev–Trinajstić information content (AvgIpc) is 3.18. The van der Waals surface area contributed by atoms with Gasteiger partial charge in [0, 0.05) is 43.6 Å². The van der Waals surface area contributed by atoms with E-state index in [0.29, 0.717) is 0 Å². The molecule has 0 saturated heterocycles. The van der Waals surface area contributed by atoms with Crippen LogP contribution in [0.5, 0.6) is 0 Å². The molecule has 1 aliphatic rings. The molecule has 1 aromatic heterocycles. The van der Waals surface area contributed by atoms with Crippen LogP contribution in [0.25, 0.3) is 0 Å². The molecule has 4 heteroatoms. The van der Waals surface area contributed by atoms with E-state index in [0.717, 1.165) is 38.0 Å². The second-order valence-corrected chi connectivity index (χ2v) is 4.63. The summed E-state index contributed by atoms with van der Waals surface area (Å²) in [5.41, 5.74) is 1.17. The van der Waals surface area contributed by atoms with Gasteiger partial charge in [0.15, 0.2) is 0 Å². The van der Waals surface area contributed by atoms with Crippen molar-refractivity contribution in [1.82, 2.24) is 15.3 Å². The van der Waals surface area contributed by atoms with E-state index in [1.54, 1.807) is 0 Å². The number of nitrogens with zero attached hydrogens (tertiary/aromatic N) is 3. The molecule has 1 fully saturated rings. The fraction of sp³-hybridized carbons (Fsp3) is 0.692. The summed E-state index contributed by atoms with van der Waals surface area (Å²) in [7, 11) is 0. The normalized spacial score (nSPS) is 14.9. The number of nitrogens with one attached hydrogen (secondary N) is 1. The smallest absolute Gasteiger partial charge is 0.225 e. The molecule has 0 atom stereocenters. The SMILES string of the molecule is CCCN(CC)c1ncc(CNC2CC2)cn1. The van der Waals surface area contributed by atoms with Crippen LogP contribution in [0.2, 0.25) is 0 Å². The van der Waals surface area contributed by atoms with E-state index in [-0.39, 0.29) is 0 Å². The number of hydrogen-bond donors (Lipinski definition) is 1. The van der Waals surface area contributed by atoms with Crippen molar-refractivity contribution in [3.05, 3.63) is 18.0 Å². The maximum absolute atomic E-state index is 4.44. The summed E-state index contributed by atoms with van der Waals surface area (Å²) in [6, 6.07) is 0.738. The Bertz CT molecular complexity index is 332. The molecular weight excluding hydrogens is 212 g/mol. The van der Waals surface area contributed by atoms with Gasteiger partial charge in [-0.25, -0.2) is 9.97 Å². The highest BCUT2D eigenvalue weighted by Crippen LogP contribution is 2.19. The second-order valence-electron chi connectivity index (χ2n) is 4.63. The van der Waals surface area contributed by atoms with Gasteiger partial charge in [0.05, 0.1) is 0 Å². The quantitative estimate of drug-likeness (QED) is 0.783. The first-order valence-electron chi connectivity index (χ1n) is 6.62. The summed E-state index contributed by atoms with van der Waals surface area (Å²) in [6.45, 7) is 7.20. The molecule has 0 amide bonds. The first kappa shape index (κ1) is 12.3. The third-order valence-corrected chi connectivity index (χ3v) is 3.02. The molecule has 94 valence electrons. The molecule has 1 N–H and O–H groups in total. The lowest BCUT2D eigenvalue weighted by atomic mass is 10.3. The predicted octanol–water partition coefficient (Wildman–Crippen LogP) is 1.96. The Morgan fingerprint density at radius 2 is 2.00 bits per heavy atom. The van der Waals surface area contributed by atoms with Crippen molar-refractivity contribution >= 4 is 5.95 Å². The minimum Gasteiger partial charge on any atom is -0.341 e. The fourth-order valence-corrected chi connectivity index (χ4v) is 1.82. The van der Waals surface area contributed by atoms with Gasteiger partial charge in [0.1, 0.15) is 0 Å². The molecule has 17 heavy (non-hydrogen) atoms. The largest absolute Gasteiger partial charge is 0.341 e. The molecule has 0 aliphatic heterocycles. The van der Waals surface area contributed by atoms with Crippen LogP contribution in [0.3, 0.4) is 0 Å². The van der Waals surface area contributed by atoms with E-state index < -0.39 is 0 Å². The number of rotatable bonds is 7. The molecular formula is C13H22N4. The van der Waals surface area contributed by atoms with Crippen molar-refractivity contribution < 1.29 is 0 Å². The zero-order valence-electron chi connectivity index (χ0n) is 10.8. The van der Waals surface area contributed by atoms with Crippen LogP contribution in [0.1, 0.15) is 38.7 Å². The maximum atomic E-state index is 4.44. The van der Waals surface area contributed by atoms with Crippen LogP contribution in [0.15, 0.2) is 12.4 Å². The van der Waals surface area contributed by atoms with Gasteiger partial charge in [0.2, 0.25) is 5.95 Å². The molecule has 0 aromatic carbocycles. The van der Waals surface area contributed by atoms with Gasteiger partial charge in [-0.2, -0.15) is 0 Å². The van der Waals surface area contributed by atoms with E-state index in [4.69, 9.17) is 0 Å². The second kappa shape index (κ2) is 5.96. The van der Waals surface area contributed by atoms with E-state index in [1.165, 1.54) is 18.4 Å². The molecule has 1 heterocycles. The summed E-state index contributed by atoms with van der Waals surface area (Å²) in [6.07, 6.45) is 7.65. The van der Waals surface area contributed by atoms with Crippen LogP contribution in [-0.4, -0.2) is 29.1 Å². The Morgan fingerprint density at radius 3 is 2.53 bits per heavy atom. The van der Waals surface area contributed by atoms with Gasteiger partial charge in [0.25, 0.3) is 0 Å². The highest BCUT2D eigenvalue weighted by Gasteiger charge is 2.20. The average molecular weight is 234 g/mol. The Balaban J connectivity index is 1.90. The summed E-state index contributed by atoms with van der Waals surface area (Å²) >= 11 is 0. The van der Waals surface area contributed by atoms with E-state index >= 15 is 0 Å². The number of aromatic nitrogens is 2. The van der Waals surface area contributed by atoms with E-state index in [9.17, 15) is 0 Å². The molecule has 4 nitrogen and oxygen atoms in total. The summed E-state index contributed by atoms with van der Waals surface area (Å²) < 4.78 is 0. The number of anilines is 1. The molecule has 0 spiro atoms.